The zero-order chi connectivity index (χ0) is 34.2. The van der Waals surface area contributed by atoms with E-state index in [4.69, 9.17) is 18.9 Å². The van der Waals surface area contributed by atoms with E-state index in [1.54, 1.807) is 18.1 Å². The lowest BCUT2D eigenvalue weighted by Crippen LogP contribution is -2.49. The summed E-state index contributed by atoms with van der Waals surface area (Å²) in [6, 6.07) is 0. The van der Waals surface area contributed by atoms with E-state index in [9.17, 15) is 24.9 Å². The molecule has 0 saturated carbocycles. The van der Waals surface area contributed by atoms with Crippen molar-refractivity contribution >= 4 is 12.1 Å². The summed E-state index contributed by atoms with van der Waals surface area (Å²) in [5.74, 6) is -0.907. The average molecular weight is 651 g/mol. The van der Waals surface area contributed by atoms with Gasteiger partial charge in [0, 0.05) is 51.0 Å². The van der Waals surface area contributed by atoms with Gasteiger partial charge in [-0.1, -0.05) is 58.1 Å². The zero-order valence-corrected chi connectivity index (χ0v) is 29.0. The van der Waals surface area contributed by atoms with E-state index in [1.807, 2.05) is 46.0 Å². The van der Waals surface area contributed by atoms with Gasteiger partial charge in [-0.05, 0) is 45.7 Å². The fourth-order valence-corrected chi connectivity index (χ4v) is 6.32. The van der Waals surface area contributed by atoms with Crippen molar-refractivity contribution in [1.29, 1.82) is 0 Å². The van der Waals surface area contributed by atoms with E-state index >= 15 is 0 Å². The predicted octanol–water partition coefficient (Wildman–Crippen LogP) is 3.47. The van der Waals surface area contributed by atoms with Crippen molar-refractivity contribution in [2.45, 2.75) is 116 Å². The maximum absolute atomic E-state index is 13.2. The summed E-state index contributed by atoms with van der Waals surface area (Å²) >= 11 is 0. The SMILES string of the molecule is CCC(OC)C(C)C1OC1C(OC(=O)N1CCN(C)CC1)C(C)/C=C/C=C(\C)C1OC(=O)CC(O)CCC(C)(O)C(O)/C=C/C1C. The summed E-state index contributed by atoms with van der Waals surface area (Å²) in [6.45, 7) is 14.2. The number of cyclic esters (lactones) is 1. The Bertz CT molecular complexity index is 1080. The second kappa shape index (κ2) is 17.2. The molecule has 2 fully saturated rings. The maximum Gasteiger partial charge on any atom is 0.410 e. The highest BCUT2D eigenvalue weighted by molar-refractivity contribution is 5.70. The molecule has 11 heteroatoms. The number of epoxide rings is 1. The van der Waals surface area contributed by atoms with Crippen molar-refractivity contribution in [3.8, 4) is 0 Å². The third kappa shape index (κ3) is 10.6. The molecule has 3 rings (SSSR count). The molecule has 3 aliphatic heterocycles. The molecule has 1 amide bonds. The Labute approximate surface area is 275 Å². The molecular weight excluding hydrogens is 592 g/mol. The van der Waals surface area contributed by atoms with Crippen LogP contribution < -0.4 is 0 Å². The topological polar surface area (TPSA) is 142 Å². The number of aliphatic hydroxyl groups excluding tert-OH is 2. The molecule has 0 radical (unpaired) electrons. The first kappa shape index (κ1) is 38.2. The fraction of sp³-hybridized carbons (Fsp3) is 0.771. The molecule has 3 heterocycles. The Hall–Kier alpha value is -2.28. The highest BCUT2D eigenvalue weighted by atomic mass is 16.6. The molecule has 3 aliphatic rings. The first-order chi connectivity index (χ1) is 21.7. The quantitative estimate of drug-likeness (QED) is 0.139. The van der Waals surface area contributed by atoms with Crippen LogP contribution in [0.25, 0.3) is 0 Å². The lowest BCUT2D eigenvalue weighted by atomic mass is 9.89. The average Bonchev–Trinajstić information content (AvgIpc) is 3.81. The number of nitrogens with zero attached hydrogens (tertiary/aromatic N) is 2. The lowest BCUT2D eigenvalue weighted by Gasteiger charge is -2.33. The minimum Gasteiger partial charge on any atom is -0.457 e. The van der Waals surface area contributed by atoms with Crippen molar-refractivity contribution in [3.05, 3.63) is 36.0 Å². The molecule has 46 heavy (non-hydrogen) atoms. The second-order valence-electron chi connectivity index (χ2n) is 13.8. The maximum atomic E-state index is 13.2. The number of rotatable bonds is 10. The molecule has 0 spiro atoms. The Morgan fingerprint density at radius 2 is 1.85 bits per heavy atom. The normalized spacial score (nSPS) is 35.3. The number of ether oxygens (including phenoxy) is 4. The van der Waals surface area contributed by atoms with E-state index in [1.165, 1.54) is 13.0 Å². The highest BCUT2D eigenvalue weighted by Gasteiger charge is 2.53. The number of piperazine rings is 1. The number of esters is 1. The first-order valence-corrected chi connectivity index (χ1v) is 16.8. The van der Waals surface area contributed by atoms with Gasteiger partial charge in [0.2, 0.25) is 0 Å². The molecule has 11 nitrogen and oxygen atoms in total. The van der Waals surface area contributed by atoms with Crippen LogP contribution >= 0.6 is 0 Å². The van der Waals surface area contributed by atoms with E-state index in [0.29, 0.717) is 13.1 Å². The summed E-state index contributed by atoms with van der Waals surface area (Å²) in [6.07, 6.45) is 5.95. The number of hydrogen-bond donors (Lipinski definition) is 3. The minimum absolute atomic E-state index is 0.0402. The summed E-state index contributed by atoms with van der Waals surface area (Å²) in [7, 11) is 3.74. The Kier molecular flexibility index (Phi) is 14.3. The Balaban J connectivity index is 1.78. The number of carbonyl (C=O) groups excluding carboxylic acids is 2. The monoisotopic (exact) mass is 650 g/mol. The number of hydrogen-bond acceptors (Lipinski definition) is 10. The molecule has 3 N–H and O–H groups in total. The Morgan fingerprint density at radius 1 is 1.17 bits per heavy atom. The van der Waals surface area contributed by atoms with Crippen LogP contribution in [0.4, 0.5) is 4.79 Å². The zero-order valence-electron chi connectivity index (χ0n) is 29.0. The van der Waals surface area contributed by atoms with Gasteiger partial charge in [0.15, 0.2) is 0 Å². The van der Waals surface area contributed by atoms with Crippen LogP contribution in [0.1, 0.15) is 67.2 Å². The van der Waals surface area contributed by atoms with Crippen LogP contribution in [-0.2, 0) is 23.7 Å². The van der Waals surface area contributed by atoms with Gasteiger partial charge >= 0.3 is 12.1 Å². The molecule has 0 aromatic carbocycles. The summed E-state index contributed by atoms with van der Waals surface area (Å²) in [4.78, 5) is 29.9. The molecule has 0 aromatic rings. The summed E-state index contributed by atoms with van der Waals surface area (Å²) in [5.41, 5.74) is -0.680. The molecule has 262 valence electrons. The van der Waals surface area contributed by atoms with Gasteiger partial charge in [-0.3, -0.25) is 4.79 Å². The lowest BCUT2D eigenvalue weighted by molar-refractivity contribution is -0.151. The van der Waals surface area contributed by atoms with Crippen molar-refractivity contribution in [2.75, 3.05) is 40.3 Å². The number of allylic oxidation sites excluding steroid dienone is 2. The standard InChI is InChI=1S/C35H58N2O9/c1-9-27(43-8)25(5)32-33(45-32)31(46-34(41)37-19-17-36(7)18-20-37)23(3)12-10-11-22(2)30-24(4)13-14-28(39)35(6,42)16-15-26(38)21-29(40)44-30/h10-14,23-28,30-33,38-39,42H,9,15-21H2,1-8H3/b12-10+,14-13+,22-11+. The van der Waals surface area contributed by atoms with Gasteiger partial charge in [-0.2, -0.15) is 0 Å². The molecule has 2 saturated heterocycles. The van der Waals surface area contributed by atoms with Crippen molar-refractivity contribution < 1.29 is 43.9 Å². The molecule has 0 aliphatic carbocycles. The molecular formula is C35H58N2O9. The Morgan fingerprint density at radius 3 is 2.48 bits per heavy atom. The van der Waals surface area contributed by atoms with Gasteiger partial charge in [0.1, 0.15) is 24.4 Å². The third-order valence-corrected chi connectivity index (χ3v) is 9.79. The van der Waals surface area contributed by atoms with E-state index in [0.717, 1.165) is 25.1 Å². The van der Waals surface area contributed by atoms with E-state index in [-0.39, 0.29) is 61.4 Å². The molecule has 11 unspecified atom stereocenters. The predicted molar refractivity (Wildman–Crippen MR) is 175 cm³/mol. The van der Waals surface area contributed by atoms with Crippen LogP contribution in [0.5, 0.6) is 0 Å². The van der Waals surface area contributed by atoms with Crippen molar-refractivity contribution in [1.82, 2.24) is 9.80 Å². The van der Waals surface area contributed by atoms with Gasteiger partial charge < -0.3 is 44.1 Å². The van der Waals surface area contributed by atoms with Crippen LogP contribution in [0, 0.1) is 17.8 Å². The number of methoxy groups -OCH3 is 1. The van der Waals surface area contributed by atoms with Crippen LogP contribution in [0.3, 0.4) is 0 Å². The number of aliphatic hydroxyl groups is 3. The van der Waals surface area contributed by atoms with Gasteiger partial charge in [-0.25, -0.2) is 4.79 Å². The van der Waals surface area contributed by atoms with Crippen molar-refractivity contribution in [3.63, 3.8) is 0 Å². The highest BCUT2D eigenvalue weighted by Crippen LogP contribution is 2.39. The number of likely N-dealkylation sites (N-methyl/N-ethyl adjacent to an activating group) is 1. The largest absolute Gasteiger partial charge is 0.457 e. The van der Waals surface area contributed by atoms with Gasteiger partial charge in [0.05, 0.1) is 30.3 Å². The molecule has 0 bridgehead atoms. The van der Waals surface area contributed by atoms with Gasteiger partial charge in [0.25, 0.3) is 0 Å². The van der Waals surface area contributed by atoms with E-state index in [2.05, 4.69) is 18.7 Å². The van der Waals surface area contributed by atoms with Crippen molar-refractivity contribution in [2.24, 2.45) is 17.8 Å². The van der Waals surface area contributed by atoms with Crippen LogP contribution in [0.15, 0.2) is 36.0 Å². The second-order valence-corrected chi connectivity index (χ2v) is 13.8. The molecule has 0 aromatic heterocycles. The van der Waals surface area contributed by atoms with Crippen LogP contribution in [-0.4, -0.2) is 126 Å². The summed E-state index contributed by atoms with van der Waals surface area (Å²) in [5, 5.41) is 31.6. The fourth-order valence-electron chi connectivity index (χ4n) is 6.32. The molecule has 11 atom stereocenters. The smallest absolute Gasteiger partial charge is 0.410 e. The number of amides is 1. The van der Waals surface area contributed by atoms with Crippen LogP contribution in [0.2, 0.25) is 0 Å². The minimum atomic E-state index is -1.44. The first-order valence-electron chi connectivity index (χ1n) is 16.8. The van der Waals surface area contributed by atoms with E-state index < -0.39 is 36.0 Å². The third-order valence-electron chi connectivity index (χ3n) is 9.79. The van der Waals surface area contributed by atoms with Gasteiger partial charge in [-0.15, -0.1) is 0 Å². The number of carbonyl (C=O) groups is 2. The summed E-state index contributed by atoms with van der Waals surface area (Å²) < 4.78 is 23.8.